The zero-order chi connectivity index (χ0) is 14.7. The molecule has 4 N–H and O–H groups in total. The van der Waals surface area contributed by atoms with Crippen LogP contribution in [0, 0.1) is 11.6 Å². The number of nitrogens with two attached hydrogens (primary N) is 1. The molecule has 0 radical (unpaired) electrons. The van der Waals surface area contributed by atoms with Crippen LogP contribution in [-0.4, -0.2) is 5.91 Å². The standard InChI is InChI=1S/C13H10ClF2N3O/c14-7-1-2-12(19-17)11(3-7)13(20)18-10-5-8(15)4-9(16)6-10/h1-6,19H,17H2,(H,18,20). The molecule has 104 valence electrons. The van der Waals surface area contributed by atoms with Crippen LogP contribution in [-0.2, 0) is 0 Å². The van der Waals surface area contributed by atoms with Crippen molar-refractivity contribution in [3.8, 4) is 0 Å². The van der Waals surface area contributed by atoms with E-state index in [1.54, 1.807) is 6.07 Å². The Hall–Kier alpha value is -2.18. The predicted molar refractivity (Wildman–Crippen MR) is 73.6 cm³/mol. The van der Waals surface area contributed by atoms with Crippen molar-refractivity contribution in [2.24, 2.45) is 5.84 Å². The summed E-state index contributed by atoms with van der Waals surface area (Å²) in [5.74, 6) is 3.12. The molecule has 0 spiro atoms. The van der Waals surface area contributed by atoms with Crippen molar-refractivity contribution in [3.63, 3.8) is 0 Å². The Morgan fingerprint density at radius 2 is 1.75 bits per heavy atom. The highest BCUT2D eigenvalue weighted by Gasteiger charge is 2.13. The van der Waals surface area contributed by atoms with Crippen molar-refractivity contribution in [2.75, 3.05) is 10.7 Å². The molecule has 0 bridgehead atoms. The molecular formula is C13H10ClF2N3O. The number of nitrogens with one attached hydrogen (secondary N) is 2. The molecule has 0 saturated carbocycles. The highest BCUT2D eigenvalue weighted by molar-refractivity contribution is 6.31. The molecule has 7 heteroatoms. The monoisotopic (exact) mass is 297 g/mol. The van der Waals surface area contributed by atoms with Crippen LogP contribution in [0.2, 0.25) is 5.02 Å². The van der Waals surface area contributed by atoms with Gasteiger partial charge < -0.3 is 10.7 Å². The van der Waals surface area contributed by atoms with Crippen LogP contribution >= 0.6 is 11.6 Å². The molecule has 20 heavy (non-hydrogen) atoms. The molecule has 0 saturated heterocycles. The summed E-state index contributed by atoms with van der Waals surface area (Å²) in [5.41, 5.74) is 2.83. The van der Waals surface area contributed by atoms with E-state index in [0.29, 0.717) is 16.8 Å². The molecule has 1 amide bonds. The fraction of sp³-hybridized carbons (Fsp3) is 0. The number of carbonyl (C=O) groups excluding carboxylic acids is 1. The Morgan fingerprint density at radius 1 is 1.10 bits per heavy atom. The molecule has 0 aliphatic heterocycles. The normalized spacial score (nSPS) is 10.2. The number of amides is 1. The third-order valence-corrected chi connectivity index (χ3v) is 2.74. The Bertz CT molecular complexity index is 644. The zero-order valence-corrected chi connectivity index (χ0v) is 10.8. The number of carbonyl (C=O) groups is 1. The number of rotatable bonds is 3. The summed E-state index contributed by atoms with van der Waals surface area (Å²) in [4.78, 5) is 12.1. The molecule has 4 nitrogen and oxygen atoms in total. The Morgan fingerprint density at radius 3 is 2.35 bits per heavy atom. The predicted octanol–water partition coefficient (Wildman–Crippen LogP) is 3.16. The highest BCUT2D eigenvalue weighted by Crippen LogP contribution is 2.22. The van der Waals surface area contributed by atoms with E-state index in [1.165, 1.54) is 12.1 Å². The largest absolute Gasteiger partial charge is 0.323 e. The highest BCUT2D eigenvalue weighted by atomic mass is 35.5. The zero-order valence-electron chi connectivity index (χ0n) is 10.1. The lowest BCUT2D eigenvalue weighted by atomic mass is 10.1. The number of hydrogen-bond donors (Lipinski definition) is 3. The molecule has 0 fully saturated rings. The van der Waals surface area contributed by atoms with E-state index >= 15 is 0 Å². The van der Waals surface area contributed by atoms with Crippen LogP contribution < -0.4 is 16.6 Å². The minimum Gasteiger partial charge on any atom is -0.323 e. The quantitative estimate of drug-likeness (QED) is 0.602. The summed E-state index contributed by atoms with van der Waals surface area (Å²) < 4.78 is 26.1. The minimum absolute atomic E-state index is 0.00422. The average Bonchev–Trinajstić information content (AvgIpc) is 2.37. The molecule has 2 aromatic rings. The van der Waals surface area contributed by atoms with Crippen molar-refractivity contribution in [3.05, 3.63) is 58.6 Å². The van der Waals surface area contributed by atoms with Crippen LogP contribution in [0.25, 0.3) is 0 Å². The van der Waals surface area contributed by atoms with Crippen LogP contribution in [0.4, 0.5) is 20.2 Å². The van der Waals surface area contributed by atoms with Crippen molar-refractivity contribution >= 4 is 28.9 Å². The third kappa shape index (κ3) is 3.23. The Kier molecular flexibility index (Phi) is 4.16. The summed E-state index contributed by atoms with van der Waals surface area (Å²) in [6.07, 6.45) is 0. The number of halogens is 3. The van der Waals surface area contributed by atoms with E-state index in [4.69, 9.17) is 17.4 Å². The maximum absolute atomic E-state index is 13.0. The fourth-order valence-corrected chi connectivity index (χ4v) is 1.83. The van der Waals surface area contributed by atoms with Gasteiger partial charge in [-0.15, -0.1) is 0 Å². The second kappa shape index (κ2) is 5.85. The van der Waals surface area contributed by atoms with E-state index < -0.39 is 17.5 Å². The van der Waals surface area contributed by atoms with Gasteiger partial charge in [0.1, 0.15) is 11.6 Å². The molecule has 0 aliphatic carbocycles. The molecular weight excluding hydrogens is 288 g/mol. The molecule has 0 atom stereocenters. The van der Waals surface area contributed by atoms with E-state index in [1.807, 2.05) is 0 Å². The number of hydrazine groups is 1. The van der Waals surface area contributed by atoms with Crippen molar-refractivity contribution in [1.29, 1.82) is 0 Å². The van der Waals surface area contributed by atoms with Crippen molar-refractivity contribution in [2.45, 2.75) is 0 Å². The number of nitrogen functional groups attached to an aromatic ring is 1. The topological polar surface area (TPSA) is 67.1 Å². The smallest absolute Gasteiger partial charge is 0.257 e. The van der Waals surface area contributed by atoms with Crippen LogP contribution in [0.5, 0.6) is 0 Å². The van der Waals surface area contributed by atoms with Crippen molar-refractivity contribution < 1.29 is 13.6 Å². The van der Waals surface area contributed by atoms with E-state index in [-0.39, 0.29) is 11.3 Å². The van der Waals surface area contributed by atoms with Gasteiger partial charge in [-0.05, 0) is 30.3 Å². The minimum atomic E-state index is -0.788. The molecule has 0 unspecified atom stereocenters. The van der Waals surface area contributed by atoms with Crippen LogP contribution in [0.15, 0.2) is 36.4 Å². The number of anilines is 2. The van der Waals surface area contributed by atoms with E-state index in [0.717, 1.165) is 12.1 Å². The van der Waals surface area contributed by atoms with Gasteiger partial charge in [-0.2, -0.15) is 0 Å². The van der Waals surface area contributed by atoms with Gasteiger partial charge in [0, 0.05) is 16.8 Å². The van der Waals surface area contributed by atoms with Crippen LogP contribution in [0.1, 0.15) is 10.4 Å². The number of hydrogen-bond acceptors (Lipinski definition) is 3. The van der Waals surface area contributed by atoms with Crippen LogP contribution in [0.3, 0.4) is 0 Å². The molecule has 2 rings (SSSR count). The fourth-order valence-electron chi connectivity index (χ4n) is 1.65. The first-order valence-electron chi connectivity index (χ1n) is 5.53. The Balaban J connectivity index is 2.30. The second-order valence-corrected chi connectivity index (χ2v) is 4.38. The summed E-state index contributed by atoms with van der Waals surface area (Å²) in [6, 6.07) is 7.17. The lowest BCUT2D eigenvalue weighted by Gasteiger charge is -2.10. The average molecular weight is 298 g/mol. The van der Waals surface area contributed by atoms with Gasteiger partial charge in [0.05, 0.1) is 11.3 Å². The van der Waals surface area contributed by atoms with Gasteiger partial charge in [-0.25, -0.2) is 8.78 Å². The summed E-state index contributed by atoms with van der Waals surface area (Å²) in [6.45, 7) is 0. The number of benzene rings is 2. The molecule has 0 heterocycles. The Labute approximate surface area is 118 Å². The van der Waals surface area contributed by atoms with Gasteiger partial charge >= 0.3 is 0 Å². The maximum Gasteiger partial charge on any atom is 0.257 e. The van der Waals surface area contributed by atoms with Gasteiger partial charge in [0.25, 0.3) is 5.91 Å². The first-order valence-corrected chi connectivity index (χ1v) is 5.91. The van der Waals surface area contributed by atoms with E-state index in [9.17, 15) is 13.6 Å². The first kappa shape index (κ1) is 14.2. The summed E-state index contributed by atoms with van der Waals surface area (Å²) in [5, 5.41) is 2.70. The van der Waals surface area contributed by atoms with Crippen molar-refractivity contribution in [1.82, 2.24) is 0 Å². The second-order valence-electron chi connectivity index (χ2n) is 3.95. The van der Waals surface area contributed by atoms with Gasteiger partial charge in [-0.3, -0.25) is 10.6 Å². The SMILES string of the molecule is NNc1ccc(Cl)cc1C(=O)Nc1cc(F)cc(F)c1. The summed E-state index contributed by atoms with van der Waals surface area (Å²) in [7, 11) is 0. The first-order chi connectivity index (χ1) is 9.49. The van der Waals surface area contributed by atoms with Gasteiger partial charge in [0.2, 0.25) is 0 Å². The lowest BCUT2D eigenvalue weighted by Crippen LogP contribution is -2.17. The third-order valence-electron chi connectivity index (χ3n) is 2.50. The lowest BCUT2D eigenvalue weighted by molar-refractivity contribution is 0.102. The van der Waals surface area contributed by atoms with E-state index in [2.05, 4.69) is 10.7 Å². The van der Waals surface area contributed by atoms with Gasteiger partial charge in [0.15, 0.2) is 0 Å². The van der Waals surface area contributed by atoms with Gasteiger partial charge in [-0.1, -0.05) is 11.6 Å². The molecule has 0 aliphatic rings. The molecule has 2 aromatic carbocycles. The summed E-state index contributed by atoms with van der Waals surface area (Å²) >= 11 is 5.80. The maximum atomic E-state index is 13.0. The molecule has 0 aromatic heterocycles.